The number of carbonyl (C=O) groups is 1. The van der Waals surface area contributed by atoms with Gasteiger partial charge < -0.3 is 14.0 Å². The molecule has 0 radical (unpaired) electrons. The Morgan fingerprint density at radius 2 is 1.76 bits per heavy atom. The summed E-state index contributed by atoms with van der Waals surface area (Å²) in [5, 5.41) is 9.09. The van der Waals surface area contributed by atoms with Gasteiger partial charge in [-0.3, -0.25) is 4.79 Å². The molecule has 0 spiro atoms. The summed E-state index contributed by atoms with van der Waals surface area (Å²) < 4.78 is 14.0. The van der Waals surface area contributed by atoms with Gasteiger partial charge in [0.1, 0.15) is 0 Å². The first-order valence-corrected chi connectivity index (χ1v) is 20.9. The van der Waals surface area contributed by atoms with Gasteiger partial charge in [-0.05, 0) is 86.9 Å². The number of aliphatic carboxylic acids is 1. The predicted octanol–water partition coefficient (Wildman–Crippen LogP) is 10.0. The molecule has 4 nitrogen and oxygen atoms in total. The Kier molecular flexibility index (Phi) is 15.7. The summed E-state index contributed by atoms with van der Waals surface area (Å²) >= 11 is 0. The highest BCUT2D eigenvalue weighted by molar-refractivity contribution is 6.74. The zero-order chi connectivity index (χ0) is 28.8. The Morgan fingerprint density at radius 1 is 1.11 bits per heavy atom. The summed E-state index contributed by atoms with van der Waals surface area (Å²) in [6.45, 7) is 21.0. The Balaban J connectivity index is 3.01. The molecule has 0 amide bonds. The minimum absolute atomic E-state index is 0.0298. The molecule has 1 aliphatic rings. The normalized spacial score (nSPS) is 19.1. The van der Waals surface area contributed by atoms with E-state index >= 15 is 0 Å². The van der Waals surface area contributed by atoms with Crippen molar-refractivity contribution < 1.29 is 18.8 Å². The van der Waals surface area contributed by atoms with Gasteiger partial charge in [0.25, 0.3) is 0 Å². The zero-order valence-corrected chi connectivity index (χ0v) is 28.3. The number of carboxylic acids is 1. The third kappa shape index (κ3) is 11.7. The molecule has 0 heterocycles. The van der Waals surface area contributed by atoms with Crippen molar-refractivity contribution in [3.8, 4) is 0 Å². The van der Waals surface area contributed by atoms with E-state index in [0.717, 1.165) is 38.5 Å². The average molecular weight is 565 g/mol. The highest BCUT2D eigenvalue weighted by atomic mass is 28.4. The van der Waals surface area contributed by atoms with E-state index in [0.29, 0.717) is 12.0 Å². The summed E-state index contributed by atoms with van der Waals surface area (Å²) in [5.74, 6) is -0.373. The van der Waals surface area contributed by atoms with E-state index in [-0.39, 0.29) is 17.6 Å². The SMILES string of the molecule is CCCCCC(CCC1=CC[C@H](O[Si](CC)(CC)CC)[C@@H]1CCC=C=CCC(=O)O)O[Si](C)(C)C(C)(C)C. The molecule has 1 unspecified atom stereocenters. The summed E-state index contributed by atoms with van der Waals surface area (Å²) in [7, 11) is -3.52. The van der Waals surface area contributed by atoms with Crippen molar-refractivity contribution in [2.45, 2.75) is 161 Å². The molecule has 220 valence electrons. The van der Waals surface area contributed by atoms with Crippen LogP contribution in [0.5, 0.6) is 0 Å². The number of hydrogen-bond donors (Lipinski definition) is 1. The maximum atomic E-state index is 10.8. The largest absolute Gasteiger partial charge is 0.481 e. The zero-order valence-electron chi connectivity index (χ0n) is 26.3. The van der Waals surface area contributed by atoms with Crippen LogP contribution in [-0.4, -0.2) is 39.9 Å². The van der Waals surface area contributed by atoms with Gasteiger partial charge in [0.2, 0.25) is 0 Å². The number of rotatable bonds is 19. The molecule has 0 aromatic rings. The maximum Gasteiger partial charge on any atom is 0.307 e. The predicted molar refractivity (Wildman–Crippen MR) is 168 cm³/mol. The quantitative estimate of drug-likeness (QED) is 0.0734. The second-order valence-corrected chi connectivity index (χ2v) is 22.3. The Bertz CT molecular complexity index is 778. The smallest absolute Gasteiger partial charge is 0.307 e. The number of hydrogen-bond acceptors (Lipinski definition) is 3. The topological polar surface area (TPSA) is 55.8 Å². The lowest BCUT2D eigenvalue weighted by Gasteiger charge is -2.39. The minimum atomic E-state index is -1.82. The van der Waals surface area contributed by atoms with Crippen molar-refractivity contribution in [2.75, 3.05) is 0 Å². The first-order chi connectivity index (χ1) is 17.8. The van der Waals surface area contributed by atoms with Gasteiger partial charge in [-0.25, -0.2) is 0 Å². The van der Waals surface area contributed by atoms with Crippen molar-refractivity contribution in [1.29, 1.82) is 0 Å². The molecule has 0 fully saturated rings. The van der Waals surface area contributed by atoms with Crippen LogP contribution in [0.3, 0.4) is 0 Å². The van der Waals surface area contributed by atoms with E-state index in [4.69, 9.17) is 14.0 Å². The second-order valence-electron chi connectivity index (χ2n) is 12.8. The van der Waals surface area contributed by atoms with Crippen LogP contribution in [0.15, 0.2) is 29.5 Å². The second kappa shape index (κ2) is 17.0. The fourth-order valence-corrected chi connectivity index (χ4v) is 9.64. The van der Waals surface area contributed by atoms with Gasteiger partial charge >= 0.3 is 5.97 Å². The van der Waals surface area contributed by atoms with Crippen LogP contribution >= 0.6 is 0 Å². The highest BCUT2D eigenvalue weighted by Gasteiger charge is 2.40. The first kappa shape index (κ1) is 35.1. The first-order valence-electron chi connectivity index (χ1n) is 15.5. The van der Waals surface area contributed by atoms with Crippen molar-refractivity contribution in [2.24, 2.45) is 5.92 Å². The number of unbranched alkanes of at least 4 members (excludes halogenated alkanes) is 2. The van der Waals surface area contributed by atoms with E-state index in [2.05, 4.69) is 73.4 Å². The highest BCUT2D eigenvalue weighted by Crippen LogP contribution is 2.41. The molecule has 1 rings (SSSR count). The fraction of sp³-hybridized carbons (Fsp3) is 0.812. The van der Waals surface area contributed by atoms with Crippen LogP contribution in [0, 0.1) is 5.92 Å². The lowest BCUT2D eigenvalue weighted by Crippen LogP contribution is -2.44. The molecular formula is C32H60O4Si2. The van der Waals surface area contributed by atoms with Gasteiger partial charge in [-0.1, -0.05) is 79.4 Å². The molecule has 1 N–H and O–H groups in total. The van der Waals surface area contributed by atoms with Gasteiger partial charge in [-0.15, -0.1) is 5.73 Å². The molecule has 0 aromatic carbocycles. The summed E-state index contributed by atoms with van der Waals surface area (Å²) in [4.78, 5) is 10.8. The van der Waals surface area contributed by atoms with E-state index in [1.807, 2.05) is 6.08 Å². The molecule has 6 heteroatoms. The van der Waals surface area contributed by atoms with E-state index in [1.54, 1.807) is 11.6 Å². The fourth-order valence-electron chi connectivity index (χ4n) is 5.31. The maximum absolute atomic E-state index is 10.8. The lowest BCUT2D eigenvalue weighted by molar-refractivity contribution is -0.136. The van der Waals surface area contributed by atoms with Gasteiger partial charge in [0.15, 0.2) is 16.6 Å². The van der Waals surface area contributed by atoms with Crippen LogP contribution in [0.2, 0.25) is 36.3 Å². The third-order valence-corrected chi connectivity index (χ3v) is 18.4. The molecule has 38 heavy (non-hydrogen) atoms. The van der Waals surface area contributed by atoms with Crippen molar-refractivity contribution >= 4 is 22.6 Å². The molecule has 0 aliphatic heterocycles. The van der Waals surface area contributed by atoms with Gasteiger partial charge in [-0.2, -0.15) is 0 Å². The summed E-state index contributed by atoms with van der Waals surface area (Å²) in [5.41, 5.74) is 4.63. The van der Waals surface area contributed by atoms with Gasteiger partial charge in [0.05, 0.1) is 12.5 Å². The van der Waals surface area contributed by atoms with Crippen molar-refractivity contribution in [3.05, 3.63) is 29.5 Å². The molecule has 0 bridgehead atoms. The van der Waals surface area contributed by atoms with Crippen LogP contribution in [-0.2, 0) is 13.6 Å². The standard InChI is InChI=1S/C32H60O4Si2/c1-10-14-17-20-28(35-37(8,9)32(5,6)7)25-23-27-24-26-30(36-38(11-2,12-3)13-4)29(27)21-18-15-16-19-22-31(33)34/h15,19,24,28-30H,10-14,17-18,20-23,25-26H2,1-9H3,(H,33,34)/t16?,28?,29-,30+/m1/s1. The molecule has 1 aliphatic carbocycles. The Hall–Kier alpha value is -0.916. The summed E-state index contributed by atoms with van der Waals surface area (Å²) in [6.07, 6.45) is 16.8. The van der Waals surface area contributed by atoms with Crippen LogP contribution in [0.25, 0.3) is 0 Å². The van der Waals surface area contributed by atoms with E-state index in [1.165, 1.54) is 37.4 Å². The van der Waals surface area contributed by atoms with E-state index in [9.17, 15) is 4.79 Å². The van der Waals surface area contributed by atoms with E-state index < -0.39 is 22.6 Å². The Morgan fingerprint density at radius 3 is 2.32 bits per heavy atom. The van der Waals surface area contributed by atoms with Crippen molar-refractivity contribution in [1.82, 2.24) is 0 Å². The molecule has 3 atom stereocenters. The van der Waals surface area contributed by atoms with Crippen LogP contribution in [0.4, 0.5) is 0 Å². The molecule has 0 aromatic heterocycles. The minimum Gasteiger partial charge on any atom is -0.481 e. The Labute approximate surface area is 237 Å². The monoisotopic (exact) mass is 564 g/mol. The molecule has 0 saturated heterocycles. The number of carboxylic acid groups (broad SMARTS) is 1. The lowest BCUT2D eigenvalue weighted by atomic mass is 9.90. The third-order valence-electron chi connectivity index (χ3n) is 9.16. The van der Waals surface area contributed by atoms with Crippen molar-refractivity contribution in [3.63, 3.8) is 0 Å². The molecular weight excluding hydrogens is 505 g/mol. The van der Waals surface area contributed by atoms with Crippen LogP contribution in [0.1, 0.15) is 113 Å². The average Bonchev–Trinajstić information content (AvgIpc) is 3.23. The van der Waals surface area contributed by atoms with Crippen LogP contribution < -0.4 is 0 Å². The van der Waals surface area contributed by atoms with Gasteiger partial charge in [0, 0.05) is 12.0 Å². The molecule has 0 saturated carbocycles. The summed E-state index contributed by atoms with van der Waals surface area (Å²) in [6, 6.07) is 3.53.